The Labute approximate surface area is 264 Å². The molecule has 0 aromatic carbocycles. The molecule has 9 heteroatoms. The maximum atomic E-state index is 10.5. The predicted octanol–water partition coefficient (Wildman–Crippen LogP) is -0.749. The van der Waals surface area contributed by atoms with E-state index in [1.807, 2.05) is 13.8 Å². The van der Waals surface area contributed by atoms with E-state index in [0.717, 1.165) is 19.3 Å². The monoisotopic (exact) mass is 486 g/mol. The summed E-state index contributed by atoms with van der Waals surface area (Å²) in [4.78, 5) is 25.7. The molecule has 0 saturated carbocycles. The topological polar surface area (TPSA) is 90.9 Å². The zero-order chi connectivity index (χ0) is 20.4. The Morgan fingerprint density at radius 1 is 0.759 bits per heavy atom. The molecule has 0 bridgehead atoms. The Morgan fingerprint density at radius 2 is 1.17 bits per heavy atom. The van der Waals surface area contributed by atoms with E-state index in [1.54, 1.807) is 0 Å². The quantitative estimate of drug-likeness (QED) is 0.0562. The van der Waals surface area contributed by atoms with Crippen LogP contribution in [-0.4, -0.2) is 12.9 Å². The fourth-order valence-corrected chi connectivity index (χ4v) is 3.09. The minimum absolute atomic E-state index is 0. The van der Waals surface area contributed by atoms with Crippen LogP contribution in [0.3, 0.4) is 0 Å². The van der Waals surface area contributed by atoms with Gasteiger partial charge in [0.15, 0.2) is 6.29 Å². The van der Waals surface area contributed by atoms with Crippen LogP contribution in [0, 0.1) is 5.92 Å². The van der Waals surface area contributed by atoms with E-state index in [0.29, 0.717) is 13.0 Å². The van der Waals surface area contributed by atoms with Crippen molar-refractivity contribution in [2.75, 3.05) is 6.61 Å². The Morgan fingerprint density at radius 3 is 1.55 bits per heavy atom. The van der Waals surface area contributed by atoms with Gasteiger partial charge >= 0.3 is 103 Å². The predicted molar refractivity (Wildman–Crippen MR) is 105 cm³/mol. The third kappa shape index (κ3) is 31.3. The Kier molecular flexibility index (Phi) is 32.9. The molecule has 0 N–H and O–H groups in total. The summed E-state index contributed by atoms with van der Waals surface area (Å²) >= 11 is 0. The summed E-state index contributed by atoms with van der Waals surface area (Å²) in [5.41, 5.74) is 0. The minimum atomic E-state index is -5.14. The molecule has 0 spiro atoms. The van der Waals surface area contributed by atoms with Gasteiger partial charge in [0.25, 0.3) is 0 Å². The normalized spacial score (nSPS) is 12.5. The summed E-state index contributed by atoms with van der Waals surface area (Å²) in [5.74, 6) is 0.286. The summed E-state index contributed by atoms with van der Waals surface area (Å²) in [6.07, 6.45) is 16.1. The summed E-state index contributed by atoms with van der Waals surface area (Å²) in [6.45, 7) is 6.63. The first-order valence-corrected chi connectivity index (χ1v) is 12.3. The molecule has 0 fully saturated rings. The second-order valence-electron chi connectivity index (χ2n) is 7.81. The molecule has 29 heavy (non-hydrogen) atoms. The summed E-state index contributed by atoms with van der Waals surface area (Å²) in [7, 11) is -5.14. The van der Waals surface area contributed by atoms with Crippen LogP contribution in [0.5, 0.6) is 0 Å². The minimum Gasteiger partial charge on any atom is -0.788 e. The van der Waals surface area contributed by atoms with E-state index in [-0.39, 0.29) is 109 Å². The number of ether oxygens (including phenoxy) is 1. The van der Waals surface area contributed by atoms with Crippen molar-refractivity contribution in [3.05, 3.63) is 0 Å². The van der Waals surface area contributed by atoms with Crippen molar-refractivity contribution in [2.45, 2.75) is 117 Å². The van der Waals surface area contributed by atoms with Gasteiger partial charge in [-0.1, -0.05) is 97.8 Å². The molecule has 0 radical (unpaired) electrons. The van der Waals surface area contributed by atoms with Crippen molar-refractivity contribution >= 4 is 7.82 Å². The molecule has 164 valence electrons. The van der Waals surface area contributed by atoms with Gasteiger partial charge in [-0.15, -0.1) is 0 Å². The van der Waals surface area contributed by atoms with Gasteiger partial charge in [-0.2, -0.15) is 0 Å². The summed E-state index contributed by atoms with van der Waals surface area (Å²) in [5, 5.41) is 0. The van der Waals surface area contributed by atoms with Crippen LogP contribution in [0.25, 0.3) is 0 Å². The Hall–Kier alpha value is 3.30. The zero-order valence-corrected chi connectivity index (χ0v) is 26.8. The maximum Gasteiger partial charge on any atom is 1.00 e. The van der Waals surface area contributed by atoms with Crippen LogP contribution in [0.2, 0.25) is 0 Å². The first-order valence-electron chi connectivity index (χ1n) is 10.8. The van der Waals surface area contributed by atoms with Gasteiger partial charge in [0.05, 0.1) is 6.61 Å². The molecular weight excluding hydrogens is 445 g/mol. The van der Waals surface area contributed by atoms with Gasteiger partial charge in [0.1, 0.15) is 7.82 Å². The molecule has 0 aromatic rings. The van der Waals surface area contributed by atoms with Gasteiger partial charge in [0, 0.05) is 6.42 Å². The van der Waals surface area contributed by atoms with Crippen LogP contribution in [0.15, 0.2) is 0 Å². The van der Waals surface area contributed by atoms with Gasteiger partial charge in [-0.3, -0.25) is 0 Å². The summed E-state index contributed by atoms with van der Waals surface area (Å²) in [6, 6.07) is 0. The molecule has 6 nitrogen and oxygen atoms in total. The first kappa shape index (κ1) is 36.9. The number of hydrogen-bond donors (Lipinski definition) is 0. The first-order chi connectivity index (χ1) is 12.8. The van der Waals surface area contributed by atoms with Crippen LogP contribution >= 0.6 is 7.82 Å². The van der Waals surface area contributed by atoms with Crippen molar-refractivity contribution in [2.24, 2.45) is 5.92 Å². The third-order valence-corrected chi connectivity index (χ3v) is 4.67. The van der Waals surface area contributed by atoms with Crippen LogP contribution < -0.4 is 113 Å². The van der Waals surface area contributed by atoms with Crippen molar-refractivity contribution in [1.29, 1.82) is 0 Å². The van der Waals surface area contributed by atoms with E-state index < -0.39 is 14.1 Å². The van der Waals surface area contributed by atoms with Crippen LogP contribution in [0.1, 0.15) is 111 Å². The van der Waals surface area contributed by atoms with Gasteiger partial charge in [-0.25, -0.2) is 9.56 Å². The maximum absolute atomic E-state index is 10.5. The molecule has 1 unspecified atom stereocenters. The van der Waals surface area contributed by atoms with Crippen molar-refractivity contribution < 1.29 is 131 Å². The van der Waals surface area contributed by atoms with E-state index >= 15 is 0 Å². The SMILES string of the molecule is CCCCCCCCCCCCCCCC(OCC(C)C)OOP(=O)([O-])[O-].[K+].[K+]. The molecule has 0 aliphatic rings. The molecule has 0 aromatic heterocycles. The molecular formula is C20H41K2O6P. The van der Waals surface area contributed by atoms with Crippen LogP contribution in [-0.2, 0) is 18.9 Å². The standard InChI is InChI=1S/C20H43O6P.2K/c1-4-5-6-7-8-9-10-11-12-13-14-15-16-17-20(24-18-19(2)3)25-26-27(21,22)23;;/h19-20H,4-18H2,1-3H3,(H2,21,22,23);;/q;2*+1/p-2. The number of hydrogen-bond acceptors (Lipinski definition) is 6. The molecule has 0 heterocycles. The molecule has 1 atom stereocenters. The fourth-order valence-electron chi connectivity index (χ4n) is 2.89. The van der Waals surface area contributed by atoms with Crippen LogP contribution in [0.4, 0.5) is 0 Å². The molecule has 0 amide bonds. The molecule has 0 aliphatic carbocycles. The van der Waals surface area contributed by atoms with E-state index in [4.69, 9.17) is 4.74 Å². The third-order valence-electron chi connectivity index (χ3n) is 4.40. The average molecular weight is 487 g/mol. The smallest absolute Gasteiger partial charge is 0.788 e. The summed E-state index contributed by atoms with van der Waals surface area (Å²) < 4.78 is 19.9. The van der Waals surface area contributed by atoms with Crippen molar-refractivity contribution in [3.63, 3.8) is 0 Å². The van der Waals surface area contributed by atoms with Gasteiger partial charge in [-0.05, 0) is 12.3 Å². The largest absolute Gasteiger partial charge is 1.00 e. The number of phosphoric acid groups is 1. The second-order valence-corrected chi connectivity index (χ2v) is 8.85. The average Bonchev–Trinajstić information content (AvgIpc) is 2.59. The zero-order valence-electron chi connectivity index (χ0n) is 19.7. The second kappa shape index (κ2) is 25.9. The fraction of sp³-hybridized carbons (Fsp3) is 1.00. The van der Waals surface area contributed by atoms with Crippen molar-refractivity contribution in [1.82, 2.24) is 0 Å². The van der Waals surface area contributed by atoms with Gasteiger partial charge < -0.3 is 19.1 Å². The Bertz CT molecular complexity index is 369. The molecule has 0 aliphatic heterocycles. The Balaban J connectivity index is -0.00000338. The van der Waals surface area contributed by atoms with Crippen molar-refractivity contribution in [3.8, 4) is 0 Å². The van der Waals surface area contributed by atoms with E-state index in [1.165, 1.54) is 64.2 Å². The number of rotatable bonds is 20. The molecule has 0 saturated heterocycles. The number of unbranched alkanes of at least 4 members (excludes halogenated alkanes) is 12. The van der Waals surface area contributed by atoms with Gasteiger partial charge in [0.2, 0.25) is 0 Å². The molecule has 0 rings (SSSR count). The van der Waals surface area contributed by atoms with E-state index in [9.17, 15) is 14.4 Å². The van der Waals surface area contributed by atoms with E-state index in [2.05, 4.69) is 16.5 Å².